The number of carbonyl (C=O) groups is 2. The smallest absolute Gasteiger partial charge is 0.326 e. The molecule has 33 heavy (non-hydrogen) atoms. The van der Waals surface area contributed by atoms with Gasteiger partial charge in [0.15, 0.2) is 23.3 Å². The Balaban J connectivity index is 1.69. The lowest BCUT2D eigenvalue weighted by Crippen LogP contribution is -2.34. The molecule has 0 saturated heterocycles. The highest BCUT2D eigenvalue weighted by atomic mass is 32.2. The molecule has 1 aromatic heterocycles. The summed E-state index contributed by atoms with van der Waals surface area (Å²) in [5.41, 5.74) is 0.136. The number of hydrogen-bond acceptors (Lipinski definition) is 6. The van der Waals surface area contributed by atoms with Gasteiger partial charge in [-0.3, -0.25) is 10.1 Å². The third kappa shape index (κ3) is 5.34. The zero-order valence-corrected chi connectivity index (χ0v) is 17.9. The molecule has 0 aliphatic heterocycles. The Kier molecular flexibility index (Phi) is 7.38. The van der Waals surface area contributed by atoms with Crippen molar-refractivity contribution in [1.29, 1.82) is 0 Å². The summed E-state index contributed by atoms with van der Waals surface area (Å²) in [6, 6.07) is 6.42. The first kappa shape index (κ1) is 23.9. The van der Waals surface area contributed by atoms with Crippen LogP contribution in [-0.2, 0) is 0 Å². The first-order valence-corrected chi connectivity index (χ1v) is 9.87. The van der Waals surface area contributed by atoms with Crippen LogP contribution in [0.3, 0.4) is 0 Å². The highest BCUT2D eigenvalue weighted by Gasteiger charge is 2.22. The molecule has 172 valence electrons. The van der Waals surface area contributed by atoms with Crippen LogP contribution >= 0.6 is 11.8 Å². The maximum Gasteiger partial charge on any atom is 0.326 e. The molecule has 2 N–H and O–H groups in total. The molecule has 3 aromatic rings. The van der Waals surface area contributed by atoms with E-state index < -0.39 is 40.1 Å². The van der Waals surface area contributed by atoms with E-state index in [1.807, 2.05) is 0 Å². The highest BCUT2D eigenvalue weighted by Crippen LogP contribution is 2.33. The number of halogens is 4. The van der Waals surface area contributed by atoms with Crippen LogP contribution in [0.5, 0.6) is 11.5 Å². The van der Waals surface area contributed by atoms with E-state index in [9.17, 15) is 27.2 Å². The number of pyridine rings is 1. The molecular formula is C21H15F4N3O4S. The average molecular weight is 481 g/mol. The number of methoxy groups -OCH3 is 2. The molecule has 0 atom stereocenters. The summed E-state index contributed by atoms with van der Waals surface area (Å²) in [6.07, 6.45) is 1.13. The molecular weight excluding hydrogens is 466 g/mol. The predicted molar refractivity (Wildman–Crippen MR) is 111 cm³/mol. The SMILES string of the molecule is COc1cccc(OC)c1C(=O)NC(=O)Nc1ccc(Sc2c(F)c(F)cc(F)c2F)nc1. The number of rotatable bonds is 6. The van der Waals surface area contributed by atoms with Crippen LogP contribution in [0.25, 0.3) is 0 Å². The minimum absolute atomic E-state index is 0.00130. The van der Waals surface area contributed by atoms with Crippen molar-refractivity contribution < 1.29 is 36.6 Å². The number of nitrogens with one attached hydrogen (secondary N) is 2. The van der Waals surface area contributed by atoms with Crippen LogP contribution in [0.4, 0.5) is 28.0 Å². The Bertz CT molecular complexity index is 1160. The van der Waals surface area contributed by atoms with Crippen molar-refractivity contribution in [3.8, 4) is 11.5 Å². The number of hydrogen-bond donors (Lipinski definition) is 2. The van der Waals surface area contributed by atoms with Gasteiger partial charge in [-0.2, -0.15) is 0 Å². The van der Waals surface area contributed by atoms with Crippen LogP contribution < -0.4 is 20.1 Å². The molecule has 0 saturated carbocycles. The summed E-state index contributed by atoms with van der Waals surface area (Å²) >= 11 is 0.362. The Morgan fingerprint density at radius 1 is 0.939 bits per heavy atom. The first-order valence-electron chi connectivity index (χ1n) is 9.05. The normalized spacial score (nSPS) is 10.5. The van der Waals surface area contributed by atoms with E-state index in [2.05, 4.69) is 15.6 Å². The Morgan fingerprint density at radius 3 is 2.06 bits per heavy atom. The fraction of sp³-hybridized carbons (Fsp3) is 0.0952. The molecule has 0 radical (unpaired) electrons. The number of amides is 3. The average Bonchev–Trinajstić information content (AvgIpc) is 2.80. The van der Waals surface area contributed by atoms with Gasteiger partial charge >= 0.3 is 6.03 Å². The number of aromatic nitrogens is 1. The quantitative estimate of drug-likeness (QED) is 0.390. The van der Waals surface area contributed by atoms with Crippen LogP contribution in [0.15, 0.2) is 52.5 Å². The predicted octanol–water partition coefficient (Wildman–Crippen LogP) is 4.77. The number of benzene rings is 2. The standard InChI is InChI=1S/C21H15F4N3O4S/c1-31-13-4-3-5-14(32-2)16(13)20(29)28-21(30)27-10-6-7-15(26-9-10)33-19-17(24)11(22)8-12(23)18(19)25/h3-9H,1-2H3,(H2,27,28,29,30). The van der Waals surface area contributed by atoms with Crippen molar-refractivity contribution >= 4 is 29.4 Å². The second-order valence-electron chi connectivity index (χ2n) is 6.23. The lowest BCUT2D eigenvalue weighted by molar-refractivity contribution is 0.0961. The van der Waals surface area contributed by atoms with E-state index >= 15 is 0 Å². The summed E-state index contributed by atoms with van der Waals surface area (Å²) in [5, 5.41) is 4.47. The number of ether oxygens (including phenoxy) is 2. The van der Waals surface area contributed by atoms with Gasteiger partial charge in [-0.1, -0.05) is 17.8 Å². The molecule has 7 nitrogen and oxygen atoms in total. The zero-order chi connectivity index (χ0) is 24.1. The molecule has 1 heterocycles. The number of carbonyl (C=O) groups excluding carboxylic acids is 2. The Hall–Kier alpha value is -3.80. The maximum absolute atomic E-state index is 13.8. The lowest BCUT2D eigenvalue weighted by Gasteiger charge is -2.13. The molecule has 0 aliphatic rings. The van der Waals surface area contributed by atoms with Crippen LogP contribution in [-0.4, -0.2) is 31.1 Å². The number of imide groups is 1. The summed E-state index contributed by atoms with van der Waals surface area (Å²) in [4.78, 5) is 27.7. The zero-order valence-electron chi connectivity index (χ0n) is 17.0. The topological polar surface area (TPSA) is 89.5 Å². The van der Waals surface area contributed by atoms with E-state index in [0.29, 0.717) is 11.8 Å². The number of urea groups is 1. The van der Waals surface area contributed by atoms with E-state index in [-0.39, 0.29) is 33.8 Å². The van der Waals surface area contributed by atoms with Crippen molar-refractivity contribution in [2.75, 3.05) is 19.5 Å². The second kappa shape index (κ2) is 10.2. The van der Waals surface area contributed by atoms with Gasteiger partial charge in [-0.25, -0.2) is 27.3 Å². The van der Waals surface area contributed by atoms with Gasteiger partial charge in [-0.15, -0.1) is 0 Å². The van der Waals surface area contributed by atoms with E-state index in [0.717, 1.165) is 6.20 Å². The van der Waals surface area contributed by atoms with Gasteiger partial charge in [0.25, 0.3) is 5.91 Å². The largest absolute Gasteiger partial charge is 0.496 e. The van der Waals surface area contributed by atoms with Gasteiger partial charge in [0.2, 0.25) is 0 Å². The second-order valence-corrected chi connectivity index (χ2v) is 7.26. The van der Waals surface area contributed by atoms with E-state index in [4.69, 9.17) is 9.47 Å². The van der Waals surface area contributed by atoms with Crippen molar-refractivity contribution in [1.82, 2.24) is 10.3 Å². The van der Waals surface area contributed by atoms with Crippen molar-refractivity contribution in [2.45, 2.75) is 9.92 Å². The van der Waals surface area contributed by atoms with Gasteiger partial charge in [0, 0.05) is 6.07 Å². The molecule has 0 aliphatic carbocycles. The first-order chi connectivity index (χ1) is 15.7. The van der Waals surface area contributed by atoms with Gasteiger partial charge in [0.05, 0.1) is 31.0 Å². The minimum Gasteiger partial charge on any atom is -0.496 e. The van der Waals surface area contributed by atoms with Crippen LogP contribution in [0.2, 0.25) is 0 Å². The van der Waals surface area contributed by atoms with Crippen LogP contribution in [0, 0.1) is 23.3 Å². The Labute approximate surface area is 189 Å². The molecule has 3 rings (SSSR count). The molecule has 0 bridgehead atoms. The lowest BCUT2D eigenvalue weighted by atomic mass is 10.1. The van der Waals surface area contributed by atoms with Gasteiger partial charge < -0.3 is 14.8 Å². The van der Waals surface area contributed by atoms with Gasteiger partial charge in [-0.05, 0) is 24.3 Å². The van der Waals surface area contributed by atoms with Gasteiger partial charge in [0.1, 0.15) is 22.1 Å². The summed E-state index contributed by atoms with van der Waals surface area (Å²) in [6.45, 7) is 0. The molecule has 3 amide bonds. The van der Waals surface area contributed by atoms with Crippen molar-refractivity contribution in [2.24, 2.45) is 0 Å². The Morgan fingerprint density at radius 2 is 1.55 bits per heavy atom. The third-order valence-corrected chi connectivity index (χ3v) is 5.17. The monoisotopic (exact) mass is 481 g/mol. The molecule has 0 unspecified atom stereocenters. The minimum atomic E-state index is -1.55. The van der Waals surface area contributed by atoms with Crippen molar-refractivity contribution in [3.05, 3.63) is 71.4 Å². The third-order valence-electron chi connectivity index (χ3n) is 4.15. The number of anilines is 1. The van der Waals surface area contributed by atoms with Crippen molar-refractivity contribution in [3.63, 3.8) is 0 Å². The highest BCUT2D eigenvalue weighted by molar-refractivity contribution is 7.99. The number of nitrogens with zero attached hydrogens (tertiary/aromatic N) is 1. The fourth-order valence-corrected chi connectivity index (χ4v) is 3.49. The fourth-order valence-electron chi connectivity index (χ4n) is 2.66. The molecule has 12 heteroatoms. The summed E-state index contributed by atoms with van der Waals surface area (Å²) in [7, 11) is 2.71. The molecule has 0 spiro atoms. The van der Waals surface area contributed by atoms with Crippen LogP contribution in [0.1, 0.15) is 10.4 Å². The maximum atomic E-state index is 13.8. The summed E-state index contributed by atoms with van der Waals surface area (Å²) < 4.78 is 64.5. The molecule has 0 fully saturated rings. The van der Waals surface area contributed by atoms with E-state index in [1.54, 1.807) is 6.07 Å². The summed E-state index contributed by atoms with van der Waals surface area (Å²) in [5.74, 6) is -6.58. The van der Waals surface area contributed by atoms with E-state index in [1.165, 1.54) is 38.5 Å². The molecule has 2 aromatic carbocycles.